The fourth-order valence-electron chi connectivity index (χ4n) is 3.10. The van der Waals surface area contributed by atoms with Gasteiger partial charge in [0.2, 0.25) is 5.91 Å². The lowest BCUT2D eigenvalue weighted by atomic mass is 9.89. The number of hydrogen-bond donors (Lipinski definition) is 2. The van der Waals surface area contributed by atoms with Crippen LogP contribution in [0.3, 0.4) is 0 Å². The number of nitrogens with two attached hydrogens (primary N) is 2. The SMILES string of the molecule is C[C@@H]1CCC[C@H](C)N1CC(N)(C(N)=O)C1CC1. The van der Waals surface area contributed by atoms with Gasteiger partial charge in [0.1, 0.15) is 5.54 Å². The van der Waals surface area contributed by atoms with Gasteiger partial charge in [-0.1, -0.05) is 6.42 Å². The number of piperidine rings is 1. The summed E-state index contributed by atoms with van der Waals surface area (Å²) in [7, 11) is 0. The molecule has 3 atom stereocenters. The Kier molecular flexibility index (Phi) is 3.46. The van der Waals surface area contributed by atoms with Crippen molar-refractivity contribution >= 4 is 5.91 Å². The Balaban J connectivity index is 2.08. The van der Waals surface area contributed by atoms with Gasteiger partial charge in [0.15, 0.2) is 0 Å². The average molecular weight is 239 g/mol. The number of nitrogens with zero attached hydrogens (tertiary/aromatic N) is 1. The van der Waals surface area contributed by atoms with Crippen LogP contribution in [0.4, 0.5) is 0 Å². The highest BCUT2D eigenvalue weighted by Crippen LogP contribution is 2.39. The lowest BCUT2D eigenvalue weighted by Crippen LogP contribution is -2.63. The summed E-state index contributed by atoms with van der Waals surface area (Å²) in [4.78, 5) is 14.0. The molecule has 1 heterocycles. The van der Waals surface area contributed by atoms with Gasteiger partial charge in [0.25, 0.3) is 0 Å². The molecule has 4 heteroatoms. The van der Waals surface area contributed by atoms with Crippen LogP contribution in [-0.2, 0) is 4.79 Å². The molecule has 0 bridgehead atoms. The molecule has 1 amide bonds. The number of carbonyl (C=O) groups excluding carboxylic acids is 1. The summed E-state index contributed by atoms with van der Waals surface area (Å²) in [6.45, 7) is 5.09. The number of amides is 1. The second kappa shape index (κ2) is 4.58. The molecule has 17 heavy (non-hydrogen) atoms. The predicted octanol–water partition coefficient (Wildman–Crippen LogP) is 0.842. The molecule has 0 aromatic carbocycles. The zero-order valence-electron chi connectivity index (χ0n) is 11.0. The normalized spacial score (nSPS) is 34.3. The minimum atomic E-state index is -0.806. The van der Waals surface area contributed by atoms with Crippen molar-refractivity contribution in [3.8, 4) is 0 Å². The predicted molar refractivity (Wildman–Crippen MR) is 68.3 cm³/mol. The topological polar surface area (TPSA) is 72.3 Å². The van der Waals surface area contributed by atoms with Crippen molar-refractivity contribution in [1.82, 2.24) is 4.90 Å². The molecule has 0 aromatic heterocycles. The van der Waals surface area contributed by atoms with Crippen molar-refractivity contribution < 1.29 is 4.79 Å². The monoisotopic (exact) mass is 239 g/mol. The van der Waals surface area contributed by atoms with Crippen molar-refractivity contribution in [1.29, 1.82) is 0 Å². The third kappa shape index (κ3) is 2.47. The van der Waals surface area contributed by atoms with E-state index in [0.717, 1.165) is 12.8 Å². The smallest absolute Gasteiger partial charge is 0.239 e. The van der Waals surface area contributed by atoms with E-state index in [1.165, 1.54) is 19.3 Å². The van der Waals surface area contributed by atoms with Crippen LogP contribution >= 0.6 is 0 Å². The number of likely N-dealkylation sites (tertiary alicyclic amines) is 1. The van der Waals surface area contributed by atoms with Gasteiger partial charge in [-0.05, 0) is 45.4 Å². The molecule has 4 N–H and O–H groups in total. The number of carbonyl (C=O) groups is 1. The van der Waals surface area contributed by atoms with Crippen molar-refractivity contribution in [3.63, 3.8) is 0 Å². The summed E-state index contributed by atoms with van der Waals surface area (Å²) >= 11 is 0. The van der Waals surface area contributed by atoms with E-state index in [0.29, 0.717) is 24.5 Å². The largest absolute Gasteiger partial charge is 0.368 e. The molecule has 2 rings (SSSR count). The molecule has 4 nitrogen and oxygen atoms in total. The second-order valence-corrected chi connectivity index (χ2v) is 5.98. The zero-order chi connectivity index (χ0) is 12.6. The summed E-state index contributed by atoms with van der Waals surface area (Å²) in [5.74, 6) is -0.0219. The Morgan fingerprint density at radius 2 is 1.76 bits per heavy atom. The average Bonchev–Trinajstić information content (AvgIpc) is 3.07. The molecule has 0 radical (unpaired) electrons. The van der Waals surface area contributed by atoms with Crippen molar-refractivity contribution in [2.45, 2.75) is 63.6 Å². The summed E-state index contributed by atoms with van der Waals surface area (Å²) in [5.41, 5.74) is 11.0. The standard InChI is InChI=1S/C13H25N3O/c1-9-4-3-5-10(2)16(9)8-13(15,12(14)17)11-6-7-11/h9-11H,3-8,15H2,1-2H3,(H2,14,17)/t9-,10+,13?. The van der Waals surface area contributed by atoms with Gasteiger partial charge in [-0.3, -0.25) is 9.69 Å². The maximum Gasteiger partial charge on any atom is 0.239 e. The number of hydrogen-bond acceptors (Lipinski definition) is 3. The van der Waals surface area contributed by atoms with Gasteiger partial charge >= 0.3 is 0 Å². The summed E-state index contributed by atoms with van der Waals surface area (Å²) < 4.78 is 0. The van der Waals surface area contributed by atoms with E-state index >= 15 is 0 Å². The van der Waals surface area contributed by atoms with E-state index in [9.17, 15) is 4.79 Å². The minimum Gasteiger partial charge on any atom is -0.368 e. The van der Waals surface area contributed by atoms with Crippen molar-refractivity contribution in [2.75, 3.05) is 6.54 Å². The first-order valence-electron chi connectivity index (χ1n) is 6.79. The van der Waals surface area contributed by atoms with Crippen molar-refractivity contribution in [2.24, 2.45) is 17.4 Å². The lowest BCUT2D eigenvalue weighted by Gasteiger charge is -2.43. The van der Waals surface area contributed by atoms with E-state index in [1.807, 2.05) is 0 Å². The van der Waals surface area contributed by atoms with Gasteiger partial charge in [-0.25, -0.2) is 0 Å². The second-order valence-electron chi connectivity index (χ2n) is 5.98. The Hall–Kier alpha value is -0.610. The molecule has 1 unspecified atom stereocenters. The minimum absolute atomic E-state index is 0.307. The van der Waals surface area contributed by atoms with Crippen LogP contribution in [0.1, 0.15) is 46.0 Å². The highest BCUT2D eigenvalue weighted by molar-refractivity contribution is 5.85. The third-order valence-electron chi connectivity index (χ3n) is 4.58. The van der Waals surface area contributed by atoms with Gasteiger partial charge < -0.3 is 11.5 Å². The fourth-order valence-corrected chi connectivity index (χ4v) is 3.10. The van der Waals surface area contributed by atoms with E-state index in [-0.39, 0.29) is 5.91 Å². The highest BCUT2D eigenvalue weighted by Gasteiger charge is 2.48. The van der Waals surface area contributed by atoms with Crippen LogP contribution in [-0.4, -0.2) is 35.0 Å². The molecule has 1 aliphatic carbocycles. The van der Waals surface area contributed by atoms with Crippen LogP contribution in [0, 0.1) is 5.92 Å². The quantitative estimate of drug-likeness (QED) is 0.763. The van der Waals surface area contributed by atoms with E-state index in [4.69, 9.17) is 11.5 Å². The number of primary amides is 1. The first-order chi connectivity index (χ1) is 7.95. The Labute approximate surface area is 104 Å². The van der Waals surface area contributed by atoms with Crippen LogP contribution in [0.2, 0.25) is 0 Å². The Morgan fingerprint density at radius 3 is 2.18 bits per heavy atom. The molecule has 0 spiro atoms. The fraction of sp³-hybridized carbons (Fsp3) is 0.923. The van der Waals surface area contributed by atoms with E-state index in [1.54, 1.807) is 0 Å². The van der Waals surface area contributed by atoms with Crippen LogP contribution in [0.5, 0.6) is 0 Å². The molecular formula is C13H25N3O. The maximum absolute atomic E-state index is 11.7. The van der Waals surface area contributed by atoms with Gasteiger partial charge in [0, 0.05) is 18.6 Å². The first kappa shape index (κ1) is 12.8. The van der Waals surface area contributed by atoms with Crippen molar-refractivity contribution in [3.05, 3.63) is 0 Å². The third-order valence-corrected chi connectivity index (χ3v) is 4.58. The molecule has 2 aliphatic rings. The maximum atomic E-state index is 11.7. The Morgan fingerprint density at radius 1 is 1.24 bits per heavy atom. The molecule has 1 aliphatic heterocycles. The highest BCUT2D eigenvalue weighted by atomic mass is 16.1. The molecule has 1 saturated carbocycles. The number of rotatable bonds is 4. The molecule has 0 aromatic rings. The molecule has 1 saturated heterocycles. The summed E-state index contributed by atoms with van der Waals surface area (Å²) in [6, 6.07) is 1.03. The lowest BCUT2D eigenvalue weighted by molar-refractivity contribution is -0.125. The van der Waals surface area contributed by atoms with E-state index < -0.39 is 5.54 Å². The Bertz CT molecular complexity index is 293. The molecular weight excluding hydrogens is 214 g/mol. The summed E-state index contributed by atoms with van der Waals surface area (Å²) in [6.07, 6.45) is 5.77. The van der Waals surface area contributed by atoms with Crippen LogP contribution < -0.4 is 11.5 Å². The molecule has 98 valence electrons. The van der Waals surface area contributed by atoms with Crippen LogP contribution in [0.25, 0.3) is 0 Å². The van der Waals surface area contributed by atoms with Gasteiger partial charge in [0.05, 0.1) is 0 Å². The van der Waals surface area contributed by atoms with Crippen LogP contribution in [0.15, 0.2) is 0 Å². The first-order valence-corrected chi connectivity index (χ1v) is 6.79. The molecule has 2 fully saturated rings. The summed E-state index contributed by atoms with van der Waals surface area (Å²) in [5, 5.41) is 0. The zero-order valence-corrected chi connectivity index (χ0v) is 11.0. The van der Waals surface area contributed by atoms with E-state index in [2.05, 4.69) is 18.7 Å². The van der Waals surface area contributed by atoms with Gasteiger partial charge in [-0.2, -0.15) is 0 Å². The van der Waals surface area contributed by atoms with Gasteiger partial charge in [-0.15, -0.1) is 0 Å².